The van der Waals surface area contributed by atoms with Crippen LogP contribution < -0.4 is 10.2 Å². The van der Waals surface area contributed by atoms with Crippen molar-refractivity contribution in [2.45, 2.75) is 20.4 Å². The third-order valence-corrected chi connectivity index (χ3v) is 3.34. The topological polar surface area (TPSA) is 58.1 Å². The second-order valence-electron chi connectivity index (χ2n) is 4.76. The van der Waals surface area contributed by atoms with Gasteiger partial charge in [0.1, 0.15) is 5.82 Å². The van der Waals surface area contributed by atoms with Gasteiger partial charge in [0.05, 0.1) is 0 Å². The van der Waals surface area contributed by atoms with Crippen LogP contribution in [0.4, 0.5) is 10.2 Å². The van der Waals surface area contributed by atoms with E-state index in [0.29, 0.717) is 6.54 Å². The lowest BCUT2D eigenvalue weighted by atomic mass is 10.2. The summed E-state index contributed by atoms with van der Waals surface area (Å²) < 4.78 is 12.8. The Hall–Kier alpha value is -2.50. The summed E-state index contributed by atoms with van der Waals surface area (Å²) in [7, 11) is 0. The number of halogens is 1. The minimum absolute atomic E-state index is 0.262. The van der Waals surface area contributed by atoms with Crippen LogP contribution in [0.15, 0.2) is 36.4 Å². The predicted octanol–water partition coefficient (Wildman–Crippen LogP) is 2.39. The van der Waals surface area contributed by atoms with Gasteiger partial charge >= 0.3 is 0 Å². The summed E-state index contributed by atoms with van der Waals surface area (Å²) >= 11 is 0. The molecule has 2 aromatic rings. The highest BCUT2D eigenvalue weighted by molar-refractivity contribution is 5.92. The molecule has 0 saturated heterocycles. The number of hydrogen-bond acceptors (Lipinski definition) is 4. The molecule has 6 heteroatoms. The fourth-order valence-corrected chi connectivity index (χ4v) is 2.04. The molecule has 0 unspecified atom stereocenters. The van der Waals surface area contributed by atoms with Crippen LogP contribution in [0.1, 0.15) is 29.9 Å². The minimum atomic E-state index is -0.303. The number of anilines is 1. The zero-order chi connectivity index (χ0) is 15.9. The number of amides is 1. The van der Waals surface area contributed by atoms with Crippen molar-refractivity contribution in [2.24, 2.45) is 0 Å². The van der Waals surface area contributed by atoms with E-state index in [-0.39, 0.29) is 17.4 Å². The maximum Gasteiger partial charge on any atom is 0.272 e. The first-order valence-corrected chi connectivity index (χ1v) is 7.25. The van der Waals surface area contributed by atoms with E-state index in [0.717, 1.165) is 24.5 Å². The number of benzene rings is 1. The smallest absolute Gasteiger partial charge is 0.272 e. The molecule has 1 aromatic heterocycles. The fraction of sp³-hybridized carbons (Fsp3) is 0.312. The molecule has 116 valence electrons. The Balaban J connectivity index is 1.96. The van der Waals surface area contributed by atoms with E-state index in [1.54, 1.807) is 24.3 Å². The Morgan fingerprint density at radius 3 is 2.32 bits per heavy atom. The van der Waals surface area contributed by atoms with Crippen LogP contribution in [0.3, 0.4) is 0 Å². The Morgan fingerprint density at radius 2 is 1.77 bits per heavy atom. The van der Waals surface area contributed by atoms with E-state index in [4.69, 9.17) is 0 Å². The molecule has 1 amide bonds. The number of rotatable bonds is 6. The molecular weight excluding hydrogens is 283 g/mol. The largest absolute Gasteiger partial charge is 0.356 e. The number of carbonyl (C=O) groups excluding carboxylic acids is 1. The van der Waals surface area contributed by atoms with Crippen molar-refractivity contribution in [2.75, 3.05) is 18.0 Å². The summed E-state index contributed by atoms with van der Waals surface area (Å²) in [4.78, 5) is 14.1. The molecule has 1 aromatic carbocycles. The van der Waals surface area contributed by atoms with Gasteiger partial charge in [-0.15, -0.1) is 10.2 Å². The lowest BCUT2D eigenvalue weighted by Gasteiger charge is -2.18. The molecule has 1 N–H and O–H groups in total. The van der Waals surface area contributed by atoms with Crippen molar-refractivity contribution in [1.82, 2.24) is 15.5 Å². The summed E-state index contributed by atoms with van der Waals surface area (Å²) in [6, 6.07) is 9.42. The Kier molecular flexibility index (Phi) is 5.41. The van der Waals surface area contributed by atoms with Crippen molar-refractivity contribution >= 4 is 11.7 Å². The van der Waals surface area contributed by atoms with Crippen LogP contribution in [0.2, 0.25) is 0 Å². The first kappa shape index (κ1) is 15.9. The Morgan fingerprint density at radius 1 is 1.09 bits per heavy atom. The second kappa shape index (κ2) is 7.49. The van der Waals surface area contributed by atoms with Crippen LogP contribution in [-0.2, 0) is 6.54 Å². The summed E-state index contributed by atoms with van der Waals surface area (Å²) in [6.45, 7) is 6.06. The first-order chi connectivity index (χ1) is 10.6. The molecule has 0 saturated carbocycles. The van der Waals surface area contributed by atoms with E-state index < -0.39 is 0 Å². The summed E-state index contributed by atoms with van der Waals surface area (Å²) in [5.41, 5.74) is 1.08. The van der Waals surface area contributed by atoms with Gasteiger partial charge in [-0.3, -0.25) is 4.79 Å². The molecule has 0 bridgehead atoms. The molecule has 0 atom stereocenters. The number of aromatic nitrogens is 2. The molecule has 0 radical (unpaired) electrons. The summed E-state index contributed by atoms with van der Waals surface area (Å²) in [5.74, 6) is 0.149. The molecule has 0 aliphatic heterocycles. The van der Waals surface area contributed by atoms with E-state index >= 15 is 0 Å². The number of nitrogens with zero attached hydrogens (tertiary/aromatic N) is 3. The van der Waals surface area contributed by atoms with Crippen LogP contribution >= 0.6 is 0 Å². The zero-order valence-electron chi connectivity index (χ0n) is 12.7. The fourth-order valence-electron chi connectivity index (χ4n) is 2.04. The SMILES string of the molecule is CCN(CC)c1ccc(C(=O)NCc2ccc(F)cc2)nn1. The van der Waals surface area contributed by atoms with Gasteiger partial charge in [0, 0.05) is 19.6 Å². The number of hydrogen-bond donors (Lipinski definition) is 1. The molecule has 2 rings (SSSR count). The molecule has 22 heavy (non-hydrogen) atoms. The average molecular weight is 302 g/mol. The van der Waals surface area contributed by atoms with Gasteiger partial charge in [0.25, 0.3) is 5.91 Å². The highest BCUT2D eigenvalue weighted by Gasteiger charge is 2.10. The van der Waals surface area contributed by atoms with Crippen molar-refractivity contribution in [3.63, 3.8) is 0 Å². The molecule has 5 nitrogen and oxygen atoms in total. The van der Waals surface area contributed by atoms with Crippen LogP contribution in [0.25, 0.3) is 0 Å². The normalized spacial score (nSPS) is 10.3. The molecule has 0 fully saturated rings. The molecule has 0 aliphatic carbocycles. The average Bonchev–Trinajstić information content (AvgIpc) is 2.56. The highest BCUT2D eigenvalue weighted by Crippen LogP contribution is 2.09. The minimum Gasteiger partial charge on any atom is -0.356 e. The monoisotopic (exact) mass is 302 g/mol. The van der Waals surface area contributed by atoms with Gasteiger partial charge in [-0.25, -0.2) is 4.39 Å². The summed E-state index contributed by atoms with van der Waals surface area (Å²) in [6.07, 6.45) is 0. The van der Waals surface area contributed by atoms with Gasteiger partial charge in [0.15, 0.2) is 11.5 Å². The molecule has 0 aliphatic rings. The standard InChI is InChI=1S/C16H19FN4O/c1-3-21(4-2)15-10-9-14(19-20-15)16(22)18-11-12-5-7-13(17)8-6-12/h5-10H,3-4,11H2,1-2H3,(H,18,22). The van der Waals surface area contributed by atoms with Gasteiger partial charge in [-0.2, -0.15) is 0 Å². The zero-order valence-corrected chi connectivity index (χ0v) is 12.7. The van der Waals surface area contributed by atoms with E-state index in [9.17, 15) is 9.18 Å². The summed E-state index contributed by atoms with van der Waals surface area (Å²) in [5, 5.41) is 10.8. The lowest BCUT2D eigenvalue weighted by molar-refractivity contribution is 0.0945. The van der Waals surface area contributed by atoms with Crippen molar-refractivity contribution < 1.29 is 9.18 Å². The number of nitrogens with one attached hydrogen (secondary N) is 1. The first-order valence-electron chi connectivity index (χ1n) is 7.25. The van der Waals surface area contributed by atoms with Crippen LogP contribution in [0, 0.1) is 5.82 Å². The van der Waals surface area contributed by atoms with E-state index in [1.165, 1.54) is 12.1 Å². The highest BCUT2D eigenvalue weighted by atomic mass is 19.1. The second-order valence-corrected chi connectivity index (χ2v) is 4.76. The maximum atomic E-state index is 12.8. The van der Waals surface area contributed by atoms with Crippen LogP contribution in [0.5, 0.6) is 0 Å². The van der Waals surface area contributed by atoms with Gasteiger partial charge < -0.3 is 10.2 Å². The molecule has 0 spiro atoms. The van der Waals surface area contributed by atoms with Crippen molar-refractivity contribution in [3.8, 4) is 0 Å². The number of carbonyl (C=O) groups is 1. The maximum absolute atomic E-state index is 12.8. The Labute approximate surface area is 129 Å². The molecule has 1 heterocycles. The molecular formula is C16H19FN4O. The predicted molar refractivity (Wildman–Crippen MR) is 83.2 cm³/mol. The van der Waals surface area contributed by atoms with Gasteiger partial charge in [0.2, 0.25) is 0 Å². The van der Waals surface area contributed by atoms with Gasteiger partial charge in [-0.1, -0.05) is 12.1 Å². The third kappa shape index (κ3) is 4.00. The van der Waals surface area contributed by atoms with E-state index in [2.05, 4.69) is 15.5 Å². The van der Waals surface area contributed by atoms with Crippen molar-refractivity contribution in [3.05, 3.63) is 53.5 Å². The third-order valence-electron chi connectivity index (χ3n) is 3.34. The quantitative estimate of drug-likeness (QED) is 0.890. The van der Waals surface area contributed by atoms with Gasteiger partial charge in [-0.05, 0) is 43.7 Å². The lowest BCUT2D eigenvalue weighted by Crippen LogP contribution is -2.26. The van der Waals surface area contributed by atoms with E-state index in [1.807, 2.05) is 18.7 Å². The van der Waals surface area contributed by atoms with Crippen molar-refractivity contribution in [1.29, 1.82) is 0 Å². The van der Waals surface area contributed by atoms with Crippen LogP contribution in [-0.4, -0.2) is 29.2 Å². The Bertz CT molecular complexity index is 609.